The molecule has 3 N–H and O–H groups in total. The molecule has 1 fully saturated rings. The van der Waals surface area contributed by atoms with Gasteiger partial charge in [-0.05, 0) is 35.0 Å². The average molecular weight is 689 g/mol. The summed E-state index contributed by atoms with van der Waals surface area (Å²) >= 11 is 7.42. The second-order valence-electron chi connectivity index (χ2n) is 10.00. The topological polar surface area (TPSA) is 179 Å². The maximum Gasteiger partial charge on any atom is 0.490 e. The van der Waals surface area contributed by atoms with E-state index in [0.29, 0.717) is 16.6 Å². The number of carbonyl (C=O) groups is 2. The Bertz CT molecular complexity index is 1890. The molecule has 0 bridgehead atoms. The van der Waals surface area contributed by atoms with Gasteiger partial charge in [-0.2, -0.15) is 17.5 Å². The van der Waals surface area contributed by atoms with Gasteiger partial charge in [-0.3, -0.25) is 4.79 Å². The fraction of sp³-hybridized carbons (Fsp3) is 0.346. The second-order valence-corrected chi connectivity index (χ2v) is 13.5. The highest BCUT2D eigenvalue weighted by Crippen LogP contribution is 2.29. The number of benzene rings is 2. The lowest BCUT2D eigenvalue weighted by Gasteiger charge is -2.40. The number of rotatable bonds is 5. The van der Waals surface area contributed by atoms with E-state index in [9.17, 15) is 31.2 Å². The number of nitrogens with one attached hydrogen (secondary N) is 2. The van der Waals surface area contributed by atoms with E-state index < -0.39 is 34.0 Å². The van der Waals surface area contributed by atoms with E-state index in [1.807, 2.05) is 0 Å². The van der Waals surface area contributed by atoms with Crippen LogP contribution in [-0.2, 0) is 34.2 Å². The fourth-order valence-electron chi connectivity index (χ4n) is 4.88. The molecule has 13 nitrogen and oxygen atoms in total. The summed E-state index contributed by atoms with van der Waals surface area (Å²) in [6, 6.07) is 9.55. The Hall–Kier alpha value is -3.84. The number of hydrogen-bond donors (Lipinski definition) is 3. The zero-order chi connectivity index (χ0) is 32.5. The van der Waals surface area contributed by atoms with Crippen molar-refractivity contribution in [3.05, 3.63) is 73.4 Å². The molecule has 0 spiro atoms. The first-order chi connectivity index (χ1) is 21.2. The molecule has 1 saturated heterocycles. The van der Waals surface area contributed by atoms with E-state index in [1.165, 1.54) is 15.6 Å². The van der Waals surface area contributed by atoms with Crippen LogP contribution in [0.3, 0.4) is 0 Å². The van der Waals surface area contributed by atoms with E-state index in [1.54, 1.807) is 41.3 Å². The predicted molar refractivity (Wildman–Crippen MR) is 155 cm³/mol. The highest BCUT2D eigenvalue weighted by Gasteiger charge is 2.39. The first-order valence-corrected chi connectivity index (χ1v) is 15.9. The number of amides is 1. The monoisotopic (exact) mass is 688 g/mol. The normalized spacial score (nSPS) is 17.4. The number of sulfonamides is 1. The van der Waals surface area contributed by atoms with Crippen LogP contribution in [0, 0.1) is 0 Å². The van der Waals surface area contributed by atoms with Crippen molar-refractivity contribution in [2.24, 2.45) is 0 Å². The Morgan fingerprint density at radius 3 is 2.53 bits per heavy atom. The van der Waals surface area contributed by atoms with Gasteiger partial charge in [0.15, 0.2) is 5.01 Å². The number of carboxylic acid groups (broad SMARTS) is 1. The fourth-order valence-corrected chi connectivity index (χ4v) is 7.60. The van der Waals surface area contributed by atoms with Crippen LogP contribution in [0.1, 0.15) is 26.3 Å². The number of carbonyl (C=O) groups excluding carboxylic acids is 1. The van der Waals surface area contributed by atoms with Gasteiger partial charge in [0, 0.05) is 55.5 Å². The van der Waals surface area contributed by atoms with Crippen LogP contribution in [0.5, 0.6) is 0 Å². The summed E-state index contributed by atoms with van der Waals surface area (Å²) in [6.45, 7) is 1.76. The molecule has 19 heteroatoms. The molecule has 2 aromatic heterocycles. The van der Waals surface area contributed by atoms with Crippen molar-refractivity contribution in [3.63, 3.8) is 0 Å². The van der Waals surface area contributed by atoms with Crippen molar-refractivity contribution in [2.75, 3.05) is 26.2 Å². The highest BCUT2D eigenvalue weighted by molar-refractivity contribution is 7.89. The summed E-state index contributed by atoms with van der Waals surface area (Å²) in [5.41, 5.74) is 0.922. The van der Waals surface area contributed by atoms with E-state index in [-0.39, 0.29) is 42.7 Å². The molecule has 240 valence electrons. The van der Waals surface area contributed by atoms with Gasteiger partial charge < -0.3 is 19.7 Å². The van der Waals surface area contributed by atoms with Gasteiger partial charge in [0.05, 0.1) is 16.6 Å². The summed E-state index contributed by atoms with van der Waals surface area (Å²) in [5, 5.41) is 19.0. The lowest BCUT2D eigenvalue weighted by molar-refractivity contribution is -0.192. The first kappa shape index (κ1) is 32.6. The number of carboxylic acids is 1. The molecule has 4 aromatic rings. The highest BCUT2D eigenvalue weighted by atomic mass is 35.5. The second kappa shape index (κ2) is 12.9. The van der Waals surface area contributed by atoms with Crippen LogP contribution in [0.4, 0.5) is 13.2 Å². The van der Waals surface area contributed by atoms with Gasteiger partial charge in [0.2, 0.25) is 15.9 Å². The number of aromatic amines is 1. The van der Waals surface area contributed by atoms with Crippen molar-refractivity contribution >= 4 is 55.6 Å². The third kappa shape index (κ3) is 7.36. The van der Waals surface area contributed by atoms with Crippen LogP contribution in [-0.4, -0.2) is 88.2 Å². The van der Waals surface area contributed by atoms with E-state index in [4.69, 9.17) is 25.9 Å². The zero-order valence-electron chi connectivity index (χ0n) is 23.0. The Morgan fingerprint density at radius 1 is 1.16 bits per heavy atom. The molecule has 6 rings (SSSR count). The molecule has 1 amide bonds. The molecular formula is C26H24ClF3N6O7S2. The standard InChI is InChI=1S/C24H23ClN6O5S2.C2HF3O2/c25-16-3-1-15-10-18(4-2-14(15)9-16)38(34,35)30-7-8-31(17(13-30)11-21-28-29-24(33)36-21)23(32)22-27-19-5-6-26-12-20(19)37-22;3-2(4,5)1(6)7/h1-4,9-10,17,26H,5-8,11-13H2,(H,29,33);(H,6,7). The number of fused-ring (bicyclic) bond motifs is 2. The molecular weight excluding hydrogens is 665 g/mol. The van der Waals surface area contributed by atoms with Crippen molar-refractivity contribution in [2.45, 2.75) is 36.5 Å². The molecule has 1 unspecified atom stereocenters. The number of H-pyrrole nitrogens is 1. The Kier molecular flexibility index (Phi) is 9.31. The number of hydrogen-bond acceptors (Lipinski definition) is 10. The van der Waals surface area contributed by atoms with Crippen LogP contribution >= 0.6 is 22.9 Å². The Morgan fingerprint density at radius 2 is 1.87 bits per heavy atom. The van der Waals surface area contributed by atoms with Gasteiger partial charge in [-0.1, -0.05) is 23.7 Å². The maximum absolute atomic E-state index is 13.7. The van der Waals surface area contributed by atoms with Crippen LogP contribution in [0.2, 0.25) is 5.02 Å². The summed E-state index contributed by atoms with van der Waals surface area (Å²) in [7, 11) is -3.88. The van der Waals surface area contributed by atoms with Crippen molar-refractivity contribution < 1.29 is 40.7 Å². The van der Waals surface area contributed by atoms with E-state index in [0.717, 1.165) is 34.3 Å². The maximum atomic E-state index is 13.7. The van der Waals surface area contributed by atoms with E-state index >= 15 is 0 Å². The van der Waals surface area contributed by atoms with Gasteiger partial charge in [-0.15, -0.1) is 16.4 Å². The van der Waals surface area contributed by atoms with Crippen molar-refractivity contribution in [3.8, 4) is 0 Å². The van der Waals surface area contributed by atoms with Gasteiger partial charge >= 0.3 is 17.9 Å². The number of alkyl halides is 3. The molecule has 2 aromatic carbocycles. The smallest absolute Gasteiger partial charge is 0.475 e. The Balaban J connectivity index is 0.000000515. The molecule has 0 radical (unpaired) electrons. The molecule has 0 aliphatic carbocycles. The Labute approximate surface area is 261 Å². The SMILES string of the molecule is O=C(O)C(F)(F)F.O=C(c1nc2c(s1)CNCC2)N1CCN(S(=O)(=O)c2ccc3cc(Cl)ccc3c2)CC1Cc1n[nH]c(=O)o1. The van der Waals surface area contributed by atoms with Crippen molar-refractivity contribution in [1.82, 2.24) is 29.7 Å². The zero-order valence-corrected chi connectivity index (χ0v) is 25.4. The summed E-state index contributed by atoms with van der Waals surface area (Å²) < 4.78 is 65.5. The number of aromatic nitrogens is 3. The van der Waals surface area contributed by atoms with Crippen LogP contribution in [0.15, 0.2) is 50.5 Å². The third-order valence-electron chi connectivity index (χ3n) is 7.04. The van der Waals surface area contributed by atoms with Crippen LogP contribution < -0.4 is 11.1 Å². The number of thiazole rings is 1. The number of nitrogens with zero attached hydrogens (tertiary/aromatic N) is 4. The third-order valence-corrected chi connectivity index (χ3v) is 10.2. The lowest BCUT2D eigenvalue weighted by Crippen LogP contribution is -2.57. The molecule has 4 heterocycles. The van der Waals surface area contributed by atoms with Crippen molar-refractivity contribution in [1.29, 1.82) is 0 Å². The predicted octanol–water partition coefficient (Wildman–Crippen LogP) is 2.66. The molecule has 0 saturated carbocycles. The number of piperazine rings is 1. The summed E-state index contributed by atoms with van der Waals surface area (Å²) in [5.74, 6) is -3.64. The minimum Gasteiger partial charge on any atom is -0.475 e. The number of halogens is 4. The molecule has 2 aliphatic heterocycles. The van der Waals surface area contributed by atoms with Gasteiger partial charge in [0.25, 0.3) is 5.91 Å². The first-order valence-electron chi connectivity index (χ1n) is 13.3. The average Bonchev–Trinajstić information content (AvgIpc) is 3.62. The minimum absolute atomic E-state index is 0.00986. The summed E-state index contributed by atoms with van der Waals surface area (Å²) in [4.78, 5) is 41.4. The molecule has 1 atom stereocenters. The lowest BCUT2D eigenvalue weighted by atomic mass is 10.1. The molecule has 2 aliphatic rings. The quantitative estimate of drug-likeness (QED) is 0.282. The van der Waals surface area contributed by atoms with Crippen LogP contribution in [0.25, 0.3) is 10.8 Å². The van der Waals surface area contributed by atoms with Gasteiger partial charge in [-0.25, -0.2) is 28.1 Å². The van der Waals surface area contributed by atoms with Gasteiger partial charge in [0.1, 0.15) is 0 Å². The largest absolute Gasteiger partial charge is 0.490 e. The minimum atomic E-state index is -5.08. The molecule has 45 heavy (non-hydrogen) atoms. The number of aliphatic carboxylic acids is 1. The van der Waals surface area contributed by atoms with E-state index in [2.05, 4.69) is 20.5 Å². The summed E-state index contributed by atoms with van der Waals surface area (Å²) in [6.07, 6.45) is -4.26.